The number of fused-ring (bicyclic) bond motifs is 1. The number of nitrogens with zero attached hydrogens (tertiary/aromatic N) is 2. The van der Waals surface area contributed by atoms with Gasteiger partial charge in [0.1, 0.15) is 5.15 Å². The lowest BCUT2D eigenvalue weighted by atomic mass is 10.1. The van der Waals surface area contributed by atoms with Gasteiger partial charge in [-0.1, -0.05) is 23.7 Å². The van der Waals surface area contributed by atoms with Gasteiger partial charge in [-0.25, -0.2) is 9.97 Å². The summed E-state index contributed by atoms with van der Waals surface area (Å²) in [5, 5.41) is 1.38. The lowest BCUT2D eigenvalue weighted by Crippen LogP contribution is -1.88. The Morgan fingerprint density at radius 3 is 2.85 bits per heavy atom. The minimum atomic E-state index is 0.487. The molecule has 13 heavy (non-hydrogen) atoms. The van der Waals surface area contributed by atoms with Crippen molar-refractivity contribution in [3.63, 3.8) is 0 Å². The molecule has 1 heterocycles. The van der Waals surface area contributed by atoms with E-state index in [4.69, 9.17) is 11.6 Å². The molecular formula is C9H6BrClN2. The summed E-state index contributed by atoms with van der Waals surface area (Å²) in [5.74, 6) is 0. The number of hydrogen-bond acceptors (Lipinski definition) is 2. The van der Waals surface area contributed by atoms with Crippen LogP contribution in [0.1, 0.15) is 5.56 Å². The third-order valence-electron chi connectivity index (χ3n) is 1.85. The topological polar surface area (TPSA) is 25.8 Å². The van der Waals surface area contributed by atoms with Gasteiger partial charge >= 0.3 is 0 Å². The van der Waals surface area contributed by atoms with E-state index in [0.717, 1.165) is 16.5 Å². The molecule has 0 spiro atoms. The van der Waals surface area contributed by atoms with Gasteiger partial charge in [-0.3, -0.25) is 0 Å². The first-order chi connectivity index (χ1) is 6.18. The summed E-state index contributed by atoms with van der Waals surface area (Å²) in [6.07, 6.45) is 0. The van der Waals surface area contributed by atoms with Crippen LogP contribution in [0.5, 0.6) is 0 Å². The Labute approximate surface area is 89.1 Å². The van der Waals surface area contributed by atoms with E-state index in [9.17, 15) is 0 Å². The molecule has 2 nitrogen and oxygen atoms in total. The summed E-state index contributed by atoms with van der Waals surface area (Å²) in [5.41, 5.74) is 2.00. The third-order valence-corrected chi connectivity index (χ3v) is 2.50. The Kier molecular flexibility index (Phi) is 2.22. The highest BCUT2D eigenvalue weighted by atomic mass is 79.9. The molecule has 0 aliphatic carbocycles. The summed E-state index contributed by atoms with van der Waals surface area (Å²) < 4.78 is 0.527. The summed E-state index contributed by atoms with van der Waals surface area (Å²) in [4.78, 5) is 8.27. The van der Waals surface area contributed by atoms with Crippen molar-refractivity contribution < 1.29 is 0 Å². The van der Waals surface area contributed by atoms with Crippen LogP contribution in [0.25, 0.3) is 10.9 Å². The SMILES string of the molecule is Cc1cccc2c(Cl)nc(Br)nc12. The van der Waals surface area contributed by atoms with E-state index < -0.39 is 0 Å². The monoisotopic (exact) mass is 256 g/mol. The van der Waals surface area contributed by atoms with Gasteiger partial charge in [0, 0.05) is 5.39 Å². The lowest BCUT2D eigenvalue weighted by molar-refractivity contribution is 1.15. The molecular weight excluding hydrogens is 251 g/mol. The normalized spacial score (nSPS) is 10.7. The number of benzene rings is 1. The van der Waals surface area contributed by atoms with E-state index in [1.54, 1.807) is 0 Å². The maximum Gasteiger partial charge on any atom is 0.198 e. The van der Waals surface area contributed by atoms with Crippen molar-refractivity contribution in [3.8, 4) is 0 Å². The standard InChI is InChI=1S/C9H6BrClN2/c1-5-3-2-4-6-7(5)12-9(10)13-8(6)11/h2-4H,1H3. The molecule has 2 aromatic rings. The lowest BCUT2D eigenvalue weighted by Gasteiger charge is -2.02. The van der Waals surface area contributed by atoms with Gasteiger partial charge in [0.15, 0.2) is 4.73 Å². The second-order valence-corrected chi connectivity index (χ2v) is 3.82. The zero-order valence-corrected chi connectivity index (χ0v) is 9.22. The van der Waals surface area contributed by atoms with E-state index in [0.29, 0.717) is 9.89 Å². The molecule has 4 heteroatoms. The first-order valence-corrected chi connectivity index (χ1v) is 4.94. The first-order valence-electron chi connectivity index (χ1n) is 3.77. The molecule has 0 unspecified atom stereocenters. The summed E-state index contributed by atoms with van der Waals surface area (Å²) >= 11 is 9.16. The Morgan fingerprint density at radius 1 is 1.31 bits per heavy atom. The van der Waals surface area contributed by atoms with Crippen molar-refractivity contribution in [1.29, 1.82) is 0 Å². The molecule has 0 radical (unpaired) electrons. The van der Waals surface area contributed by atoms with E-state index in [1.807, 2.05) is 25.1 Å². The average molecular weight is 258 g/mol. The van der Waals surface area contributed by atoms with E-state index in [-0.39, 0.29) is 0 Å². The van der Waals surface area contributed by atoms with Gasteiger partial charge in [-0.2, -0.15) is 0 Å². The van der Waals surface area contributed by atoms with Crippen molar-refractivity contribution >= 4 is 38.4 Å². The largest absolute Gasteiger partial charge is 0.222 e. The van der Waals surface area contributed by atoms with Crippen LogP contribution >= 0.6 is 27.5 Å². The minimum absolute atomic E-state index is 0.487. The van der Waals surface area contributed by atoms with Crippen molar-refractivity contribution in [2.45, 2.75) is 6.92 Å². The molecule has 0 aliphatic heterocycles. The van der Waals surface area contributed by atoms with Crippen LogP contribution < -0.4 is 0 Å². The van der Waals surface area contributed by atoms with Crippen LogP contribution in [-0.4, -0.2) is 9.97 Å². The third kappa shape index (κ3) is 1.54. The maximum atomic E-state index is 5.95. The molecule has 0 aliphatic rings. The smallest absolute Gasteiger partial charge is 0.198 e. The Balaban J connectivity index is 2.94. The average Bonchev–Trinajstić information content (AvgIpc) is 2.07. The highest BCUT2D eigenvalue weighted by Crippen LogP contribution is 2.23. The molecule has 0 saturated heterocycles. The van der Waals surface area contributed by atoms with Gasteiger partial charge in [-0.15, -0.1) is 0 Å². The van der Waals surface area contributed by atoms with Crippen molar-refractivity contribution in [2.24, 2.45) is 0 Å². The molecule has 0 saturated carbocycles. The number of para-hydroxylation sites is 1. The highest BCUT2D eigenvalue weighted by Gasteiger charge is 2.04. The quantitative estimate of drug-likeness (QED) is 0.534. The van der Waals surface area contributed by atoms with Crippen molar-refractivity contribution in [3.05, 3.63) is 33.6 Å². The van der Waals surface area contributed by atoms with Crippen molar-refractivity contribution in [2.75, 3.05) is 0 Å². The maximum absolute atomic E-state index is 5.95. The second-order valence-electron chi connectivity index (χ2n) is 2.75. The van der Waals surface area contributed by atoms with Crippen LogP contribution in [0.15, 0.2) is 22.9 Å². The fraction of sp³-hybridized carbons (Fsp3) is 0.111. The summed E-state index contributed by atoms with van der Waals surface area (Å²) in [6.45, 7) is 2.00. The Bertz CT molecular complexity index is 470. The van der Waals surface area contributed by atoms with Gasteiger partial charge in [0.25, 0.3) is 0 Å². The number of aromatic nitrogens is 2. The van der Waals surface area contributed by atoms with Crippen LogP contribution in [0.3, 0.4) is 0 Å². The molecule has 66 valence electrons. The van der Waals surface area contributed by atoms with Crippen LogP contribution in [0.2, 0.25) is 5.15 Å². The van der Waals surface area contributed by atoms with Crippen LogP contribution in [0.4, 0.5) is 0 Å². The molecule has 0 N–H and O–H groups in total. The van der Waals surface area contributed by atoms with Gasteiger partial charge in [0.05, 0.1) is 5.52 Å². The molecule has 2 rings (SSSR count). The second kappa shape index (κ2) is 3.24. The number of hydrogen-bond donors (Lipinski definition) is 0. The Hall–Kier alpha value is -0.670. The predicted octanol–water partition coefficient (Wildman–Crippen LogP) is 3.35. The number of rotatable bonds is 0. The zero-order valence-electron chi connectivity index (χ0n) is 6.88. The molecule has 1 aromatic carbocycles. The van der Waals surface area contributed by atoms with Crippen LogP contribution in [0, 0.1) is 6.92 Å². The summed E-state index contributed by atoms with van der Waals surface area (Å²) in [6, 6.07) is 5.86. The minimum Gasteiger partial charge on any atom is -0.222 e. The Morgan fingerprint density at radius 2 is 2.08 bits per heavy atom. The fourth-order valence-electron chi connectivity index (χ4n) is 1.23. The predicted molar refractivity (Wildman–Crippen MR) is 57.0 cm³/mol. The van der Waals surface area contributed by atoms with E-state index in [2.05, 4.69) is 25.9 Å². The molecule has 0 atom stereocenters. The first kappa shape index (κ1) is 8.91. The van der Waals surface area contributed by atoms with E-state index in [1.165, 1.54) is 0 Å². The number of aryl methyl sites for hydroxylation is 1. The van der Waals surface area contributed by atoms with Crippen LogP contribution in [-0.2, 0) is 0 Å². The van der Waals surface area contributed by atoms with Gasteiger partial charge in [-0.05, 0) is 34.5 Å². The number of halogens is 2. The van der Waals surface area contributed by atoms with Gasteiger partial charge in [0.2, 0.25) is 0 Å². The van der Waals surface area contributed by atoms with Gasteiger partial charge < -0.3 is 0 Å². The zero-order chi connectivity index (χ0) is 9.42. The summed E-state index contributed by atoms with van der Waals surface area (Å²) in [7, 11) is 0. The fourth-order valence-corrected chi connectivity index (χ4v) is 1.92. The molecule has 0 amide bonds. The van der Waals surface area contributed by atoms with E-state index >= 15 is 0 Å². The molecule has 0 fully saturated rings. The molecule has 1 aromatic heterocycles. The molecule has 0 bridgehead atoms. The van der Waals surface area contributed by atoms with Crippen molar-refractivity contribution in [1.82, 2.24) is 9.97 Å². The highest BCUT2D eigenvalue weighted by molar-refractivity contribution is 9.10.